The predicted octanol–water partition coefficient (Wildman–Crippen LogP) is 1.70. The van der Waals surface area contributed by atoms with Gasteiger partial charge in [0.05, 0.1) is 0 Å². The lowest BCUT2D eigenvalue weighted by molar-refractivity contribution is -0.138. The molecule has 1 aromatic heterocycles. The molecule has 1 aliphatic rings. The van der Waals surface area contributed by atoms with Crippen molar-refractivity contribution in [3.8, 4) is 5.69 Å². The predicted molar refractivity (Wildman–Crippen MR) is 80.1 cm³/mol. The van der Waals surface area contributed by atoms with Crippen LogP contribution in [0.5, 0.6) is 0 Å². The van der Waals surface area contributed by atoms with E-state index in [0.717, 1.165) is 17.7 Å². The maximum absolute atomic E-state index is 14.0. The van der Waals surface area contributed by atoms with Gasteiger partial charge in [0.1, 0.15) is 17.5 Å². The first-order valence-corrected chi connectivity index (χ1v) is 7.38. The SMILES string of the molecule is C[C@H](NC(=O)c1nn(-c2ccccc2F)c2c1CCC2)C(=O)O. The number of benzene rings is 1. The summed E-state index contributed by atoms with van der Waals surface area (Å²) < 4.78 is 15.5. The molecule has 23 heavy (non-hydrogen) atoms. The second-order valence-corrected chi connectivity index (χ2v) is 5.52. The summed E-state index contributed by atoms with van der Waals surface area (Å²) in [4.78, 5) is 23.2. The normalized spacial score (nSPS) is 14.3. The van der Waals surface area contributed by atoms with Crippen LogP contribution < -0.4 is 5.32 Å². The molecule has 2 aromatic rings. The van der Waals surface area contributed by atoms with E-state index < -0.39 is 23.7 Å². The van der Waals surface area contributed by atoms with E-state index >= 15 is 0 Å². The largest absolute Gasteiger partial charge is 0.480 e. The summed E-state index contributed by atoms with van der Waals surface area (Å²) in [5, 5.41) is 15.5. The molecule has 2 N–H and O–H groups in total. The Kier molecular flexibility index (Phi) is 3.85. The van der Waals surface area contributed by atoms with Gasteiger partial charge in [-0.2, -0.15) is 5.10 Å². The average Bonchev–Trinajstić information content (AvgIpc) is 3.09. The molecule has 120 valence electrons. The molecule has 1 aliphatic carbocycles. The Labute approximate surface area is 131 Å². The van der Waals surface area contributed by atoms with Crippen molar-refractivity contribution in [1.82, 2.24) is 15.1 Å². The van der Waals surface area contributed by atoms with Crippen LogP contribution in [-0.4, -0.2) is 32.8 Å². The van der Waals surface area contributed by atoms with Gasteiger partial charge in [-0.3, -0.25) is 9.59 Å². The molecule has 3 rings (SSSR count). The number of carbonyl (C=O) groups excluding carboxylic acids is 1. The molecule has 7 heteroatoms. The first-order chi connectivity index (χ1) is 11.0. The number of aliphatic carboxylic acids is 1. The highest BCUT2D eigenvalue weighted by atomic mass is 19.1. The highest BCUT2D eigenvalue weighted by Crippen LogP contribution is 2.28. The van der Waals surface area contributed by atoms with Gasteiger partial charge in [-0.25, -0.2) is 9.07 Å². The molecular weight excluding hydrogens is 301 g/mol. The van der Waals surface area contributed by atoms with Crippen molar-refractivity contribution < 1.29 is 19.1 Å². The monoisotopic (exact) mass is 317 g/mol. The van der Waals surface area contributed by atoms with E-state index in [0.29, 0.717) is 12.8 Å². The molecule has 0 radical (unpaired) electrons. The van der Waals surface area contributed by atoms with Gasteiger partial charge in [0, 0.05) is 11.3 Å². The van der Waals surface area contributed by atoms with Crippen LogP contribution in [0.4, 0.5) is 4.39 Å². The second kappa shape index (κ2) is 5.83. The van der Waals surface area contributed by atoms with Crippen LogP contribution >= 0.6 is 0 Å². The molecule has 1 amide bonds. The fourth-order valence-electron chi connectivity index (χ4n) is 2.77. The summed E-state index contributed by atoms with van der Waals surface area (Å²) >= 11 is 0. The summed E-state index contributed by atoms with van der Waals surface area (Å²) in [6.45, 7) is 1.38. The number of nitrogens with zero attached hydrogens (tertiary/aromatic N) is 2. The zero-order valence-corrected chi connectivity index (χ0v) is 12.5. The third-order valence-electron chi connectivity index (χ3n) is 3.94. The number of aromatic nitrogens is 2. The number of hydrogen-bond donors (Lipinski definition) is 2. The summed E-state index contributed by atoms with van der Waals surface area (Å²) in [6, 6.07) is 5.21. The highest BCUT2D eigenvalue weighted by Gasteiger charge is 2.28. The van der Waals surface area contributed by atoms with Gasteiger partial charge in [0.2, 0.25) is 0 Å². The Morgan fingerprint density at radius 3 is 2.78 bits per heavy atom. The van der Waals surface area contributed by atoms with Crippen LogP contribution in [0.2, 0.25) is 0 Å². The molecule has 1 heterocycles. The maximum atomic E-state index is 14.0. The Hall–Kier alpha value is -2.70. The fourth-order valence-corrected chi connectivity index (χ4v) is 2.77. The van der Waals surface area contributed by atoms with Crippen molar-refractivity contribution in [2.24, 2.45) is 0 Å². The topological polar surface area (TPSA) is 84.2 Å². The molecule has 0 aliphatic heterocycles. The standard InChI is InChI=1S/C16H16FN3O3/c1-9(16(22)23)18-15(21)14-10-5-4-8-12(10)20(19-14)13-7-3-2-6-11(13)17/h2-3,6-7,9H,4-5,8H2,1H3,(H,18,21)(H,22,23)/t9-/m0/s1. The fraction of sp³-hybridized carbons (Fsp3) is 0.312. The molecule has 0 unspecified atom stereocenters. The summed E-state index contributed by atoms with van der Waals surface area (Å²) in [5.74, 6) is -2.09. The van der Waals surface area contributed by atoms with Crippen LogP contribution in [0, 0.1) is 5.82 Å². The minimum Gasteiger partial charge on any atom is -0.480 e. The number of para-hydroxylation sites is 1. The van der Waals surface area contributed by atoms with Crippen LogP contribution in [-0.2, 0) is 17.6 Å². The molecule has 1 aromatic carbocycles. The van der Waals surface area contributed by atoms with Gasteiger partial charge in [0.15, 0.2) is 5.69 Å². The van der Waals surface area contributed by atoms with E-state index in [9.17, 15) is 14.0 Å². The molecule has 0 bridgehead atoms. The smallest absolute Gasteiger partial charge is 0.325 e. The molecule has 0 saturated carbocycles. The first-order valence-electron chi connectivity index (χ1n) is 7.38. The number of nitrogens with one attached hydrogen (secondary N) is 1. The van der Waals surface area contributed by atoms with Gasteiger partial charge in [0.25, 0.3) is 5.91 Å². The third kappa shape index (κ3) is 2.69. The highest BCUT2D eigenvalue weighted by molar-refractivity contribution is 5.96. The van der Waals surface area contributed by atoms with E-state index in [4.69, 9.17) is 5.11 Å². The van der Waals surface area contributed by atoms with Crippen LogP contribution in [0.15, 0.2) is 24.3 Å². The number of carboxylic acids is 1. The molecule has 0 saturated heterocycles. The second-order valence-electron chi connectivity index (χ2n) is 5.52. The van der Waals surface area contributed by atoms with E-state index in [1.54, 1.807) is 18.2 Å². The Morgan fingerprint density at radius 1 is 1.35 bits per heavy atom. The van der Waals surface area contributed by atoms with Crippen molar-refractivity contribution in [3.05, 3.63) is 47.0 Å². The molecular formula is C16H16FN3O3. The Morgan fingerprint density at radius 2 is 2.09 bits per heavy atom. The molecule has 1 atom stereocenters. The average molecular weight is 317 g/mol. The van der Waals surface area contributed by atoms with Gasteiger partial charge in [-0.05, 0) is 38.3 Å². The Bertz CT molecular complexity index is 785. The zero-order chi connectivity index (χ0) is 16.6. The van der Waals surface area contributed by atoms with Crippen LogP contribution in [0.3, 0.4) is 0 Å². The number of amides is 1. The van der Waals surface area contributed by atoms with Crippen molar-refractivity contribution in [2.75, 3.05) is 0 Å². The lowest BCUT2D eigenvalue weighted by atomic mass is 10.2. The van der Waals surface area contributed by atoms with Gasteiger partial charge in [-0.1, -0.05) is 12.1 Å². The van der Waals surface area contributed by atoms with Crippen molar-refractivity contribution >= 4 is 11.9 Å². The van der Waals surface area contributed by atoms with Crippen LogP contribution in [0.1, 0.15) is 35.1 Å². The molecule has 0 spiro atoms. The van der Waals surface area contributed by atoms with E-state index in [-0.39, 0.29) is 11.4 Å². The van der Waals surface area contributed by atoms with Crippen molar-refractivity contribution in [1.29, 1.82) is 0 Å². The summed E-state index contributed by atoms with van der Waals surface area (Å²) in [5.41, 5.74) is 2.04. The lowest BCUT2D eigenvalue weighted by Gasteiger charge is -2.08. The number of carboxylic acid groups (broad SMARTS) is 1. The van der Waals surface area contributed by atoms with E-state index in [1.165, 1.54) is 17.7 Å². The minimum absolute atomic E-state index is 0.175. The quantitative estimate of drug-likeness (QED) is 0.899. The van der Waals surface area contributed by atoms with E-state index in [2.05, 4.69) is 10.4 Å². The number of carbonyl (C=O) groups is 2. The van der Waals surface area contributed by atoms with Gasteiger partial charge < -0.3 is 10.4 Å². The summed E-state index contributed by atoms with van der Waals surface area (Å²) in [7, 11) is 0. The number of fused-ring (bicyclic) bond motifs is 1. The number of rotatable bonds is 4. The third-order valence-corrected chi connectivity index (χ3v) is 3.94. The molecule has 0 fully saturated rings. The Balaban J connectivity index is 2.01. The van der Waals surface area contributed by atoms with E-state index in [1.807, 2.05) is 0 Å². The van der Waals surface area contributed by atoms with Crippen molar-refractivity contribution in [3.63, 3.8) is 0 Å². The van der Waals surface area contributed by atoms with Gasteiger partial charge in [-0.15, -0.1) is 0 Å². The summed E-state index contributed by atoms with van der Waals surface area (Å²) in [6.07, 6.45) is 2.24. The lowest BCUT2D eigenvalue weighted by Crippen LogP contribution is -2.38. The minimum atomic E-state index is -1.12. The number of halogens is 1. The first kappa shape index (κ1) is 15.2. The molecule has 6 nitrogen and oxygen atoms in total. The zero-order valence-electron chi connectivity index (χ0n) is 12.5. The maximum Gasteiger partial charge on any atom is 0.325 e. The number of hydrogen-bond acceptors (Lipinski definition) is 3. The van der Waals surface area contributed by atoms with Crippen LogP contribution in [0.25, 0.3) is 5.69 Å². The van der Waals surface area contributed by atoms with Gasteiger partial charge >= 0.3 is 5.97 Å². The van der Waals surface area contributed by atoms with Crippen molar-refractivity contribution in [2.45, 2.75) is 32.2 Å².